The second-order valence-corrected chi connectivity index (χ2v) is 4.22. The van der Waals surface area contributed by atoms with E-state index in [0.29, 0.717) is 12.1 Å². The number of carbonyl (C=O) groups is 1. The Bertz CT molecular complexity index is 502. The van der Waals surface area contributed by atoms with Gasteiger partial charge in [0.15, 0.2) is 0 Å². The monoisotopic (exact) mass is 239 g/mol. The molecule has 0 aliphatic heterocycles. The third kappa shape index (κ3) is 3.20. The van der Waals surface area contributed by atoms with Gasteiger partial charge in [-0.2, -0.15) is 0 Å². The molecule has 0 aliphatic carbocycles. The van der Waals surface area contributed by atoms with Gasteiger partial charge in [-0.15, -0.1) is 0 Å². The summed E-state index contributed by atoms with van der Waals surface area (Å²) < 4.78 is 0. The number of hydrogen-bond donors (Lipinski definition) is 1. The molecule has 2 rings (SSSR count). The third-order valence-corrected chi connectivity index (χ3v) is 2.92. The predicted molar refractivity (Wildman–Crippen MR) is 73.4 cm³/mol. The fraction of sp³-hybridized carbons (Fsp3) is 0.188. The predicted octanol–water partition coefficient (Wildman–Crippen LogP) is 3.18. The standard InChI is InChI=1S/C16H17NO/c1-2-13-8-10-15(11-9-13)16(18)17-12-14-6-4-3-5-7-14/h3-11H,2,12H2,1H3,(H,17,18). The fourth-order valence-corrected chi connectivity index (χ4v) is 1.77. The summed E-state index contributed by atoms with van der Waals surface area (Å²) >= 11 is 0. The Balaban J connectivity index is 1.95. The lowest BCUT2D eigenvalue weighted by atomic mass is 10.1. The number of amides is 1. The van der Waals surface area contributed by atoms with E-state index in [4.69, 9.17) is 0 Å². The highest BCUT2D eigenvalue weighted by Crippen LogP contribution is 2.05. The molecule has 92 valence electrons. The Morgan fingerprint density at radius 3 is 2.22 bits per heavy atom. The van der Waals surface area contributed by atoms with Gasteiger partial charge in [0.05, 0.1) is 0 Å². The van der Waals surface area contributed by atoms with Crippen molar-refractivity contribution < 1.29 is 4.79 Å². The van der Waals surface area contributed by atoms with Crippen molar-refractivity contribution in [2.75, 3.05) is 0 Å². The van der Waals surface area contributed by atoms with Crippen LogP contribution in [-0.2, 0) is 13.0 Å². The number of hydrogen-bond acceptors (Lipinski definition) is 1. The molecule has 0 heterocycles. The molecule has 2 nitrogen and oxygen atoms in total. The maximum Gasteiger partial charge on any atom is 0.251 e. The molecule has 1 amide bonds. The molecular weight excluding hydrogens is 222 g/mol. The van der Waals surface area contributed by atoms with Crippen LogP contribution in [0, 0.1) is 0 Å². The second kappa shape index (κ2) is 6.01. The van der Waals surface area contributed by atoms with Gasteiger partial charge < -0.3 is 5.32 Å². The van der Waals surface area contributed by atoms with E-state index >= 15 is 0 Å². The molecule has 0 bridgehead atoms. The van der Waals surface area contributed by atoms with Crippen molar-refractivity contribution in [2.45, 2.75) is 19.9 Å². The summed E-state index contributed by atoms with van der Waals surface area (Å²) in [5.74, 6) is -0.0264. The highest BCUT2D eigenvalue weighted by molar-refractivity contribution is 5.94. The van der Waals surface area contributed by atoms with Crippen LogP contribution in [0.3, 0.4) is 0 Å². The summed E-state index contributed by atoms with van der Waals surface area (Å²) in [4.78, 5) is 11.9. The Labute approximate surface area is 108 Å². The maximum atomic E-state index is 11.9. The van der Waals surface area contributed by atoms with Crippen molar-refractivity contribution in [3.8, 4) is 0 Å². The van der Waals surface area contributed by atoms with Crippen molar-refractivity contribution in [1.29, 1.82) is 0 Å². The lowest BCUT2D eigenvalue weighted by Crippen LogP contribution is -2.22. The summed E-state index contributed by atoms with van der Waals surface area (Å²) in [6, 6.07) is 17.7. The Hall–Kier alpha value is -2.09. The Kier molecular flexibility index (Phi) is 4.13. The minimum Gasteiger partial charge on any atom is -0.348 e. The van der Waals surface area contributed by atoms with Crippen molar-refractivity contribution in [3.63, 3.8) is 0 Å². The van der Waals surface area contributed by atoms with E-state index < -0.39 is 0 Å². The minimum atomic E-state index is -0.0264. The molecule has 0 unspecified atom stereocenters. The molecule has 0 saturated heterocycles. The Morgan fingerprint density at radius 2 is 1.61 bits per heavy atom. The average Bonchev–Trinajstić information content (AvgIpc) is 2.46. The van der Waals surface area contributed by atoms with Gasteiger partial charge in [0.1, 0.15) is 0 Å². The highest BCUT2D eigenvalue weighted by atomic mass is 16.1. The van der Waals surface area contributed by atoms with Crippen molar-refractivity contribution in [2.24, 2.45) is 0 Å². The van der Waals surface area contributed by atoms with E-state index in [1.807, 2.05) is 54.6 Å². The number of rotatable bonds is 4. The Morgan fingerprint density at radius 1 is 0.944 bits per heavy atom. The van der Waals surface area contributed by atoms with Gasteiger partial charge in [-0.3, -0.25) is 4.79 Å². The van der Waals surface area contributed by atoms with Crippen LogP contribution in [0.1, 0.15) is 28.4 Å². The second-order valence-electron chi connectivity index (χ2n) is 4.22. The molecule has 0 aliphatic rings. The molecule has 2 aromatic rings. The minimum absolute atomic E-state index is 0.0264. The summed E-state index contributed by atoms with van der Waals surface area (Å²) in [5.41, 5.74) is 3.06. The highest BCUT2D eigenvalue weighted by Gasteiger charge is 2.04. The summed E-state index contributed by atoms with van der Waals surface area (Å²) in [6.07, 6.45) is 0.992. The SMILES string of the molecule is CCc1ccc(C(=O)NCc2ccccc2)cc1. The lowest BCUT2D eigenvalue weighted by molar-refractivity contribution is 0.0951. The zero-order valence-electron chi connectivity index (χ0n) is 10.5. The summed E-state index contributed by atoms with van der Waals surface area (Å²) in [6.45, 7) is 2.67. The van der Waals surface area contributed by atoms with Crippen LogP contribution >= 0.6 is 0 Å². The van der Waals surface area contributed by atoms with Gasteiger partial charge in [-0.1, -0.05) is 49.4 Å². The van der Waals surface area contributed by atoms with Gasteiger partial charge in [-0.05, 0) is 29.7 Å². The van der Waals surface area contributed by atoms with Crippen LogP contribution in [0.5, 0.6) is 0 Å². The van der Waals surface area contributed by atoms with E-state index in [9.17, 15) is 4.79 Å². The van der Waals surface area contributed by atoms with Crippen LogP contribution in [0.15, 0.2) is 54.6 Å². The first-order chi connectivity index (χ1) is 8.79. The molecule has 18 heavy (non-hydrogen) atoms. The van der Waals surface area contributed by atoms with Crippen LogP contribution in [0.4, 0.5) is 0 Å². The fourth-order valence-electron chi connectivity index (χ4n) is 1.77. The molecule has 0 spiro atoms. The van der Waals surface area contributed by atoms with E-state index in [-0.39, 0.29) is 5.91 Å². The zero-order valence-corrected chi connectivity index (χ0v) is 10.5. The van der Waals surface area contributed by atoms with Crippen molar-refractivity contribution in [1.82, 2.24) is 5.32 Å². The lowest BCUT2D eigenvalue weighted by Gasteiger charge is -2.06. The molecule has 0 fully saturated rings. The molecule has 2 heteroatoms. The quantitative estimate of drug-likeness (QED) is 0.872. The zero-order chi connectivity index (χ0) is 12.8. The number of carbonyl (C=O) groups excluding carboxylic acids is 1. The van der Waals surface area contributed by atoms with E-state index in [1.165, 1.54) is 5.56 Å². The van der Waals surface area contributed by atoms with Crippen LogP contribution in [-0.4, -0.2) is 5.91 Å². The van der Waals surface area contributed by atoms with E-state index in [1.54, 1.807) is 0 Å². The molecule has 0 aromatic heterocycles. The van der Waals surface area contributed by atoms with Gasteiger partial charge in [0.25, 0.3) is 5.91 Å². The largest absolute Gasteiger partial charge is 0.348 e. The smallest absolute Gasteiger partial charge is 0.251 e. The van der Waals surface area contributed by atoms with Gasteiger partial charge in [-0.25, -0.2) is 0 Å². The summed E-state index contributed by atoms with van der Waals surface area (Å²) in [7, 11) is 0. The molecular formula is C16H17NO. The molecule has 2 aromatic carbocycles. The molecule has 0 saturated carbocycles. The third-order valence-electron chi connectivity index (χ3n) is 2.92. The van der Waals surface area contributed by atoms with Crippen LogP contribution < -0.4 is 5.32 Å². The van der Waals surface area contributed by atoms with Crippen LogP contribution in [0.25, 0.3) is 0 Å². The van der Waals surface area contributed by atoms with Gasteiger partial charge >= 0.3 is 0 Å². The number of aryl methyl sites for hydroxylation is 1. The first kappa shape index (κ1) is 12.4. The van der Waals surface area contributed by atoms with Crippen LogP contribution in [0.2, 0.25) is 0 Å². The number of benzene rings is 2. The first-order valence-corrected chi connectivity index (χ1v) is 6.20. The number of nitrogens with one attached hydrogen (secondary N) is 1. The molecule has 1 N–H and O–H groups in total. The first-order valence-electron chi connectivity index (χ1n) is 6.20. The topological polar surface area (TPSA) is 29.1 Å². The average molecular weight is 239 g/mol. The van der Waals surface area contributed by atoms with Gasteiger partial charge in [0, 0.05) is 12.1 Å². The molecule has 0 radical (unpaired) electrons. The van der Waals surface area contributed by atoms with Crippen molar-refractivity contribution >= 4 is 5.91 Å². The van der Waals surface area contributed by atoms with E-state index in [2.05, 4.69) is 12.2 Å². The van der Waals surface area contributed by atoms with Gasteiger partial charge in [0.2, 0.25) is 0 Å². The van der Waals surface area contributed by atoms with E-state index in [0.717, 1.165) is 12.0 Å². The maximum absolute atomic E-state index is 11.9. The summed E-state index contributed by atoms with van der Waals surface area (Å²) in [5, 5.41) is 2.91. The normalized spacial score (nSPS) is 10.1. The van der Waals surface area contributed by atoms with Crippen molar-refractivity contribution in [3.05, 3.63) is 71.3 Å². The molecule has 0 atom stereocenters.